The number of Topliss-reactive ketones (excluding diaryl/α,β-unsaturated/α-hetero) is 1. The molecule has 1 aromatic carbocycles. The van der Waals surface area contributed by atoms with Crippen LogP contribution in [0.4, 0.5) is 5.82 Å². The van der Waals surface area contributed by atoms with Gasteiger partial charge in [0, 0.05) is 32.1 Å². The van der Waals surface area contributed by atoms with Gasteiger partial charge in [-0.25, -0.2) is 4.98 Å². The monoisotopic (exact) mass is 408 g/mol. The molecule has 30 heavy (non-hydrogen) atoms. The SMILES string of the molecule is CCOC(=O)C(Cc1cccc(N(C)C)n1)C(=O)C1CCC(c2ccccc2)CC1. The Kier molecular flexibility index (Phi) is 7.61. The molecule has 2 aromatic rings. The number of benzene rings is 1. The molecule has 1 saturated carbocycles. The first-order chi connectivity index (χ1) is 14.5. The molecular formula is C25H32N2O3. The van der Waals surface area contributed by atoms with Crippen molar-refractivity contribution in [1.29, 1.82) is 0 Å². The fraction of sp³-hybridized carbons (Fsp3) is 0.480. The number of aromatic nitrogens is 1. The number of rotatable bonds is 8. The lowest BCUT2D eigenvalue weighted by Crippen LogP contribution is -2.35. The first-order valence-electron chi connectivity index (χ1n) is 10.9. The topological polar surface area (TPSA) is 59.5 Å². The maximum atomic E-state index is 13.3. The summed E-state index contributed by atoms with van der Waals surface area (Å²) in [6, 6.07) is 16.2. The third-order valence-electron chi connectivity index (χ3n) is 5.98. The molecule has 0 bridgehead atoms. The van der Waals surface area contributed by atoms with E-state index in [0.29, 0.717) is 5.92 Å². The summed E-state index contributed by atoms with van der Waals surface area (Å²) in [5.74, 6) is 0.0203. The van der Waals surface area contributed by atoms with Crippen molar-refractivity contribution in [3.8, 4) is 0 Å². The number of carbonyl (C=O) groups excluding carboxylic acids is 2. The minimum Gasteiger partial charge on any atom is -0.465 e. The number of esters is 1. The van der Waals surface area contributed by atoms with Gasteiger partial charge in [-0.1, -0.05) is 36.4 Å². The molecule has 0 aliphatic heterocycles. The molecule has 1 aliphatic carbocycles. The van der Waals surface area contributed by atoms with Crippen LogP contribution in [0, 0.1) is 11.8 Å². The fourth-order valence-electron chi connectivity index (χ4n) is 4.30. The number of anilines is 1. The molecule has 1 unspecified atom stereocenters. The third kappa shape index (κ3) is 5.47. The largest absolute Gasteiger partial charge is 0.465 e. The Morgan fingerprint density at radius 3 is 2.37 bits per heavy atom. The number of ether oxygens (including phenoxy) is 1. The van der Waals surface area contributed by atoms with Crippen LogP contribution in [0.1, 0.15) is 49.8 Å². The van der Waals surface area contributed by atoms with Crippen molar-refractivity contribution in [3.63, 3.8) is 0 Å². The van der Waals surface area contributed by atoms with E-state index in [2.05, 4.69) is 29.2 Å². The molecule has 1 aromatic heterocycles. The van der Waals surface area contributed by atoms with Gasteiger partial charge in [-0.15, -0.1) is 0 Å². The van der Waals surface area contributed by atoms with Gasteiger partial charge in [0.15, 0.2) is 5.78 Å². The summed E-state index contributed by atoms with van der Waals surface area (Å²) in [5.41, 5.74) is 2.08. The van der Waals surface area contributed by atoms with Crippen LogP contribution in [0.2, 0.25) is 0 Å². The van der Waals surface area contributed by atoms with Crippen LogP contribution in [0.15, 0.2) is 48.5 Å². The lowest BCUT2D eigenvalue weighted by atomic mass is 9.74. The third-order valence-corrected chi connectivity index (χ3v) is 5.98. The van der Waals surface area contributed by atoms with Crippen molar-refractivity contribution in [2.24, 2.45) is 11.8 Å². The summed E-state index contributed by atoms with van der Waals surface area (Å²) >= 11 is 0. The predicted octanol–water partition coefficient (Wildman–Crippen LogP) is 4.41. The lowest BCUT2D eigenvalue weighted by Gasteiger charge is -2.29. The van der Waals surface area contributed by atoms with Crippen LogP contribution >= 0.6 is 0 Å². The first kappa shape index (κ1) is 22.0. The summed E-state index contributed by atoms with van der Waals surface area (Å²) in [4.78, 5) is 32.5. The second-order valence-corrected chi connectivity index (χ2v) is 8.25. The van der Waals surface area contributed by atoms with E-state index in [4.69, 9.17) is 4.74 Å². The Morgan fingerprint density at radius 2 is 1.73 bits per heavy atom. The zero-order chi connectivity index (χ0) is 21.5. The van der Waals surface area contributed by atoms with E-state index in [1.165, 1.54) is 5.56 Å². The van der Waals surface area contributed by atoms with Crippen LogP contribution in [0.25, 0.3) is 0 Å². The number of carbonyl (C=O) groups is 2. The van der Waals surface area contributed by atoms with E-state index in [1.807, 2.05) is 43.3 Å². The summed E-state index contributed by atoms with van der Waals surface area (Å²) in [6.07, 6.45) is 3.88. The van der Waals surface area contributed by atoms with Gasteiger partial charge < -0.3 is 9.64 Å². The molecule has 0 saturated heterocycles. The Morgan fingerprint density at radius 1 is 1.03 bits per heavy atom. The molecule has 160 valence electrons. The van der Waals surface area contributed by atoms with Crippen LogP contribution in [0.5, 0.6) is 0 Å². The number of pyridine rings is 1. The Hall–Kier alpha value is -2.69. The normalized spacial score (nSPS) is 19.7. The highest BCUT2D eigenvalue weighted by Crippen LogP contribution is 2.37. The van der Waals surface area contributed by atoms with Gasteiger partial charge in [0.05, 0.1) is 6.61 Å². The van der Waals surface area contributed by atoms with Crippen molar-refractivity contribution in [3.05, 3.63) is 59.8 Å². The zero-order valence-corrected chi connectivity index (χ0v) is 18.2. The quantitative estimate of drug-likeness (QED) is 0.478. The fourth-order valence-corrected chi connectivity index (χ4v) is 4.30. The van der Waals surface area contributed by atoms with Crippen molar-refractivity contribution >= 4 is 17.6 Å². The van der Waals surface area contributed by atoms with Crippen LogP contribution in [0.3, 0.4) is 0 Å². The van der Waals surface area contributed by atoms with E-state index in [0.717, 1.165) is 37.2 Å². The molecule has 5 heteroatoms. The maximum Gasteiger partial charge on any atom is 0.316 e. The Balaban J connectivity index is 1.70. The molecule has 1 heterocycles. The highest BCUT2D eigenvalue weighted by atomic mass is 16.5. The minimum absolute atomic E-state index is 0.0111. The van der Waals surface area contributed by atoms with Gasteiger partial charge >= 0.3 is 5.97 Å². The summed E-state index contributed by atoms with van der Waals surface area (Å²) in [5, 5.41) is 0. The number of hydrogen-bond donors (Lipinski definition) is 0. The number of ketones is 1. The van der Waals surface area contributed by atoms with E-state index >= 15 is 0 Å². The van der Waals surface area contributed by atoms with Gasteiger partial charge in [-0.3, -0.25) is 9.59 Å². The molecule has 0 radical (unpaired) electrons. The molecule has 3 rings (SSSR count). The molecule has 0 spiro atoms. The highest BCUT2D eigenvalue weighted by molar-refractivity contribution is 6.00. The maximum absolute atomic E-state index is 13.3. The van der Waals surface area contributed by atoms with Crippen molar-refractivity contribution in [2.75, 3.05) is 25.6 Å². The first-order valence-corrected chi connectivity index (χ1v) is 10.9. The zero-order valence-electron chi connectivity index (χ0n) is 18.2. The molecule has 1 aliphatic rings. The van der Waals surface area contributed by atoms with Gasteiger partial charge in [-0.2, -0.15) is 0 Å². The van der Waals surface area contributed by atoms with Crippen molar-refractivity contribution in [2.45, 2.75) is 44.9 Å². The Labute approximate surface area is 179 Å². The predicted molar refractivity (Wildman–Crippen MR) is 119 cm³/mol. The van der Waals surface area contributed by atoms with Gasteiger partial charge in [0.2, 0.25) is 0 Å². The van der Waals surface area contributed by atoms with Crippen LogP contribution in [-0.2, 0) is 20.7 Å². The lowest BCUT2D eigenvalue weighted by molar-refractivity contribution is -0.152. The Bertz CT molecular complexity index is 842. The number of hydrogen-bond acceptors (Lipinski definition) is 5. The average molecular weight is 409 g/mol. The van der Waals surface area contributed by atoms with Gasteiger partial charge in [0.1, 0.15) is 11.7 Å². The molecule has 0 N–H and O–H groups in total. The van der Waals surface area contributed by atoms with E-state index in [-0.39, 0.29) is 24.7 Å². The van der Waals surface area contributed by atoms with Crippen LogP contribution < -0.4 is 4.90 Å². The second-order valence-electron chi connectivity index (χ2n) is 8.25. The van der Waals surface area contributed by atoms with Crippen molar-refractivity contribution < 1.29 is 14.3 Å². The minimum atomic E-state index is -0.784. The molecular weight excluding hydrogens is 376 g/mol. The summed E-state index contributed by atoms with van der Waals surface area (Å²) in [6.45, 7) is 2.05. The number of nitrogens with zero attached hydrogens (tertiary/aromatic N) is 2. The molecule has 1 fully saturated rings. The molecule has 0 amide bonds. The van der Waals surface area contributed by atoms with E-state index in [9.17, 15) is 9.59 Å². The standard InChI is InChI=1S/C25H32N2O3/c1-4-30-25(29)22(17-21-11-8-12-23(26-21)27(2)3)24(28)20-15-13-19(14-16-20)18-9-6-5-7-10-18/h5-12,19-20,22H,4,13-17H2,1-3H3. The smallest absolute Gasteiger partial charge is 0.316 e. The molecule has 1 atom stereocenters. The summed E-state index contributed by atoms with van der Waals surface area (Å²) < 4.78 is 5.26. The van der Waals surface area contributed by atoms with Crippen LogP contribution in [-0.4, -0.2) is 37.4 Å². The average Bonchev–Trinajstić information content (AvgIpc) is 2.78. The van der Waals surface area contributed by atoms with Gasteiger partial charge in [0.25, 0.3) is 0 Å². The highest BCUT2D eigenvalue weighted by Gasteiger charge is 2.36. The second kappa shape index (κ2) is 10.4. The van der Waals surface area contributed by atoms with Crippen molar-refractivity contribution in [1.82, 2.24) is 4.98 Å². The van der Waals surface area contributed by atoms with E-state index in [1.54, 1.807) is 6.92 Å². The van der Waals surface area contributed by atoms with Gasteiger partial charge in [-0.05, 0) is 56.2 Å². The van der Waals surface area contributed by atoms with E-state index < -0.39 is 11.9 Å². The molecule has 5 nitrogen and oxygen atoms in total. The summed E-state index contributed by atoms with van der Waals surface area (Å²) in [7, 11) is 3.84.